The van der Waals surface area contributed by atoms with E-state index in [4.69, 9.17) is 5.73 Å². The van der Waals surface area contributed by atoms with Gasteiger partial charge in [-0.3, -0.25) is 4.68 Å². The molecule has 3 heteroatoms. The number of aromatic nitrogens is 2. The Morgan fingerprint density at radius 1 is 1.40 bits per heavy atom. The van der Waals surface area contributed by atoms with E-state index in [1.54, 1.807) is 0 Å². The number of fused-ring (bicyclic) bond motifs is 1. The Bertz CT molecular complexity index is 457. The van der Waals surface area contributed by atoms with Gasteiger partial charge in [0.1, 0.15) is 0 Å². The third-order valence-corrected chi connectivity index (χ3v) is 2.55. The minimum Gasteiger partial charge on any atom is -0.330 e. The molecule has 0 fully saturated rings. The molecule has 80 valence electrons. The van der Waals surface area contributed by atoms with Gasteiger partial charge in [-0.1, -0.05) is 12.1 Å². The van der Waals surface area contributed by atoms with Gasteiger partial charge in [0.05, 0.1) is 5.52 Å². The van der Waals surface area contributed by atoms with Crippen LogP contribution in [0.15, 0.2) is 24.4 Å². The van der Waals surface area contributed by atoms with Crippen LogP contribution in [-0.2, 0) is 6.42 Å². The molecule has 2 rings (SSSR count). The van der Waals surface area contributed by atoms with Crippen LogP contribution in [0.2, 0.25) is 0 Å². The van der Waals surface area contributed by atoms with Crippen LogP contribution >= 0.6 is 0 Å². The van der Waals surface area contributed by atoms with Crippen LogP contribution in [0.4, 0.5) is 0 Å². The average Bonchev–Trinajstić information content (AvgIpc) is 2.61. The molecular weight excluding hydrogens is 186 g/mol. The van der Waals surface area contributed by atoms with E-state index in [2.05, 4.69) is 43.3 Å². The van der Waals surface area contributed by atoms with Crippen molar-refractivity contribution in [2.24, 2.45) is 5.73 Å². The summed E-state index contributed by atoms with van der Waals surface area (Å²) in [4.78, 5) is 0. The number of hydrogen-bond acceptors (Lipinski definition) is 2. The lowest BCUT2D eigenvalue weighted by Crippen LogP contribution is -2.02. The Balaban J connectivity index is 2.43. The Morgan fingerprint density at radius 3 is 2.87 bits per heavy atom. The number of rotatable bonds is 3. The summed E-state index contributed by atoms with van der Waals surface area (Å²) in [5, 5.41) is 5.73. The Kier molecular flexibility index (Phi) is 2.73. The highest BCUT2D eigenvalue weighted by atomic mass is 15.3. The third kappa shape index (κ3) is 2.02. The lowest BCUT2D eigenvalue weighted by atomic mass is 10.1. The molecule has 1 aromatic carbocycles. The van der Waals surface area contributed by atoms with Gasteiger partial charge in [0.25, 0.3) is 0 Å². The zero-order chi connectivity index (χ0) is 10.8. The summed E-state index contributed by atoms with van der Waals surface area (Å²) in [5.74, 6) is 0. The van der Waals surface area contributed by atoms with Gasteiger partial charge in [-0.05, 0) is 38.4 Å². The summed E-state index contributed by atoms with van der Waals surface area (Å²) >= 11 is 0. The summed E-state index contributed by atoms with van der Waals surface area (Å²) in [6, 6.07) is 6.78. The van der Waals surface area contributed by atoms with E-state index in [1.165, 1.54) is 10.9 Å². The average molecular weight is 203 g/mol. The van der Waals surface area contributed by atoms with Gasteiger partial charge >= 0.3 is 0 Å². The summed E-state index contributed by atoms with van der Waals surface area (Å²) in [6.07, 6.45) is 3.01. The maximum absolute atomic E-state index is 5.53. The molecule has 3 nitrogen and oxygen atoms in total. The van der Waals surface area contributed by atoms with E-state index in [9.17, 15) is 0 Å². The van der Waals surface area contributed by atoms with Crippen molar-refractivity contribution in [3.05, 3.63) is 30.0 Å². The van der Waals surface area contributed by atoms with E-state index in [1.807, 2.05) is 4.68 Å². The predicted molar refractivity (Wildman–Crippen MR) is 62.9 cm³/mol. The predicted octanol–water partition coefficient (Wildman–Crippen LogP) is 2.12. The van der Waals surface area contributed by atoms with Gasteiger partial charge in [0.15, 0.2) is 0 Å². The molecule has 1 heterocycles. The van der Waals surface area contributed by atoms with Crippen LogP contribution in [0.1, 0.15) is 25.5 Å². The lowest BCUT2D eigenvalue weighted by Gasteiger charge is -2.02. The van der Waals surface area contributed by atoms with Crippen LogP contribution in [0.3, 0.4) is 0 Å². The van der Waals surface area contributed by atoms with Gasteiger partial charge in [-0.15, -0.1) is 0 Å². The topological polar surface area (TPSA) is 43.8 Å². The van der Waals surface area contributed by atoms with Gasteiger partial charge in [-0.2, -0.15) is 5.10 Å². The molecule has 2 N–H and O–H groups in total. The zero-order valence-electron chi connectivity index (χ0n) is 9.27. The molecule has 0 saturated carbocycles. The number of hydrogen-bond donors (Lipinski definition) is 1. The molecule has 0 atom stereocenters. The summed E-state index contributed by atoms with van der Waals surface area (Å²) in [7, 11) is 0. The van der Waals surface area contributed by atoms with Crippen LogP contribution in [-0.4, -0.2) is 16.3 Å². The largest absolute Gasteiger partial charge is 0.330 e. The SMILES string of the molecule is CC(C)n1cc2ccc(CCN)cc2n1. The second kappa shape index (κ2) is 4.03. The molecule has 0 aliphatic carbocycles. The Morgan fingerprint density at radius 2 is 2.20 bits per heavy atom. The zero-order valence-corrected chi connectivity index (χ0v) is 9.27. The second-order valence-electron chi connectivity index (χ2n) is 4.13. The first-order valence-electron chi connectivity index (χ1n) is 5.38. The molecule has 0 saturated heterocycles. The number of nitrogens with zero attached hydrogens (tertiary/aromatic N) is 2. The van der Waals surface area contributed by atoms with Crippen molar-refractivity contribution in [3.63, 3.8) is 0 Å². The smallest absolute Gasteiger partial charge is 0.0926 e. The third-order valence-electron chi connectivity index (χ3n) is 2.55. The van der Waals surface area contributed by atoms with E-state index in [0.29, 0.717) is 12.6 Å². The fourth-order valence-corrected chi connectivity index (χ4v) is 1.67. The molecule has 0 bridgehead atoms. The van der Waals surface area contributed by atoms with Crippen LogP contribution in [0, 0.1) is 0 Å². The quantitative estimate of drug-likeness (QED) is 0.830. The van der Waals surface area contributed by atoms with Crippen molar-refractivity contribution in [1.29, 1.82) is 0 Å². The first-order valence-corrected chi connectivity index (χ1v) is 5.38. The second-order valence-corrected chi connectivity index (χ2v) is 4.13. The monoisotopic (exact) mass is 203 g/mol. The molecular formula is C12H17N3. The van der Waals surface area contributed by atoms with Crippen molar-refractivity contribution < 1.29 is 0 Å². The van der Waals surface area contributed by atoms with E-state index in [-0.39, 0.29) is 0 Å². The molecule has 0 unspecified atom stereocenters. The Hall–Kier alpha value is -1.35. The molecule has 0 aliphatic heterocycles. The van der Waals surface area contributed by atoms with E-state index >= 15 is 0 Å². The Labute approximate surface area is 89.9 Å². The van der Waals surface area contributed by atoms with Gasteiger partial charge in [-0.25, -0.2) is 0 Å². The van der Waals surface area contributed by atoms with Crippen molar-refractivity contribution in [3.8, 4) is 0 Å². The molecule has 15 heavy (non-hydrogen) atoms. The maximum Gasteiger partial charge on any atom is 0.0926 e. The normalized spacial score (nSPS) is 11.5. The molecule has 0 aliphatic rings. The van der Waals surface area contributed by atoms with Gasteiger partial charge in [0.2, 0.25) is 0 Å². The molecule has 0 radical (unpaired) electrons. The minimum absolute atomic E-state index is 0.412. The molecule has 0 amide bonds. The van der Waals surface area contributed by atoms with Crippen molar-refractivity contribution in [2.45, 2.75) is 26.3 Å². The minimum atomic E-state index is 0.412. The van der Waals surface area contributed by atoms with Crippen LogP contribution < -0.4 is 5.73 Å². The van der Waals surface area contributed by atoms with E-state index < -0.39 is 0 Å². The fraction of sp³-hybridized carbons (Fsp3) is 0.417. The first-order chi connectivity index (χ1) is 7.20. The fourth-order valence-electron chi connectivity index (χ4n) is 1.67. The standard InChI is InChI=1S/C12H17N3/c1-9(2)15-8-11-4-3-10(5-6-13)7-12(11)14-15/h3-4,7-9H,5-6,13H2,1-2H3. The van der Waals surface area contributed by atoms with Gasteiger partial charge < -0.3 is 5.73 Å². The highest BCUT2D eigenvalue weighted by molar-refractivity contribution is 5.78. The van der Waals surface area contributed by atoms with Crippen molar-refractivity contribution >= 4 is 10.9 Å². The van der Waals surface area contributed by atoms with Gasteiger partial charge in [0, 0.05) is 17.6 Å². The molecule has 2 aromatic rings. The highest BCUT2D eigenvalue weighted by Crippen LogP contribution is 2.16. The summed E-state index contributed by atoms with van der Waals surface area (Å²) < 4.78 is 2.00. The first kappa shape index (κ1) is 10.2. The van der Waals surface area contributed by atoms with Crippen LogP contribution in [0.25, 0.3) is 10.9 Å². The van der Waals surface area contributed by atoms with Crippen molar-refractivity contribution in [2.75, 3.05) is 6.54 Å². The lowest BCUT2D eigenvalue weighted by molar-refractivity contribution is 0.537. The molecule has 1 aromatic heterocycles. The number of nitrogens with two attached hydrogens (primary N) is 1. The highest BCUT2D eigenvalue weighted by Gasteiger charge is 2.03. The van der Waals surface area contributed by atoms with E-state index in [0.717, 1.165) is 11.9 Å². The maximum atomic E-state index is 5.53. The summed E-state index contributed by atoms with van der Waals surface area (Å²) in [6.45, 7) is 4.95. The van der Waals surface area contributed by atoms with Crippen LogP contribution in [0.5, 0.6) is 0 Å². The number of benzene rings is 1. The summed E-state index contributed by atoms with van der Waals surface area (Å²) in [5.41, 5.74) is 7.86. The van der Waals surface area contributed by atoms with Crippen molar-refractivity contribution in [1.82, 2.24) is 9.78 Å². The molecule has 0 spiro atoms.